The van der Waals surface area contributed by atoms with Crippen LogP contribution in [0.2, 0.25) is 0 Å². The zero-order valence-electron chi connectivity index (χ0n) is 12.6. The molecule has 3 nitrogen and oxygen atoms in total. The molecule has 0 aromatic heterocycles. The number of rotatable bonds is 7. The van der Waals surface area contributed by atoms with Gasteiger partial charge in [-0.3, -0.25) is 0 Å². The van der Waals surface area contributed by atoms with Gasteiger partial charge in [-0.15, -0.1) is 0 Å². The summed E-state index contributed by atoms with van der Waals surface area (Å²) in [6, 6.07) is 10.5. The quantitative estimate of drug-likeness (QED) is 0.838. The number of nitrogens with one attached hydrogen (secondary N) is 1. The molecule has 112 valence electrons. The standard InChI is InChI=1S/C16H25NO2S/c1-16(2)18-11-15(19-16)14(12-20-3)10-17-9-13-7-5-4-6-8-13/h4-8,14-15,17H,9-12H2,1-3H3. The summed E-state index contributed by atoms with van der Waals surface area (Å²) in [7, 11) is 0. The van der Waals surface area contributed by atoms with Gasteiger partial charge >= 0.3 is 0 Å². The van der Waals surface area contributed by atoms with Crippen LogP contribution in [0.1, 0.15) is 19.4 Å². The number of ether oxygens (including phenoxy) is 2. The summed E-state index contributed by atoms with van der Waals surface area (Å²) in [4.78, 5) is 0. The van der Waals surface area contributed by atoms with E-state index in [0.29, 0.717) is 12.5 Å². The Balaban J connectivity index is 1.81. The summed E-state index contributed by atoms with van der Waals surface area (Å²) in [5.41, 5.74) is 1.32. The molecule has 1 N–H and O–H groups in total. The maximum atomic E-state index is 5.99. The molecule has 4 heteroatoms. The van der Waals surface area contributed by atoms with E-state index >= 15 is 0 Å². The monoisotopic (exact) mass is 295 g/mol. The molecule has 0 bridgehead atoms. The molecule has 2 rings (SSSR count). The van der Waals surface area contributed by atoms with E-state index in [1.54, 1.807) is 0 Å². The zero-order chi connectivity index (χ0) is 14.4. The van der Waals surface area contributed by atoms with E-state index in [4.69, 9.17) is 9.47 Å². The highest BCUT2D eigenvalue weighted by molar-refractivity contribution is 7.98. The van der Waals surface area contributed by atoms with Gasteiger partial charge < -0.3 is 14.8 Å². The highest BCUT2D eigenvalue weighted by Crippen LogP contribution is 2.28. The van der Waals surface area contributed by atoms with Crippen molar-refractivity contribution in [1.29, 1.82) is 0 Å². The van der Waals surface area contributed by atoms with Gasteiger partial charge in [-0.25, -0.2) is 0 Å². The third-order valence-electron chi connectivity index (χ3n) is 3.52. The van der Waals surface area contributed by atoms with Crippen LogP contribution in [0.3, 0.4) is 0 Å². The molecule has 2 atom stereocenters. The van der Waals surface area contributed by atoms with Crippen molar-refractivity contribution in [1.82, 2.24) is 5.32 Å². The van der Waals surface area contributed by atoms with E-state index in [1.165, 1.54) is 5.56 Å². The van der Waals surface area contributed by atoms with E-state index in [2.05, 4.69) is 35.8 Å². The Morgan fingerprint density at radius 2 is 2.10 bits per heavy atom. The Labute approximate surface area is 126 Å². The summed E-state index contributed by atoms with van der Waals surface area (Å²) >= 11 is 1.87. The van der Waals surface area contributed by atoms with Gasteiger partial charge in [0.1, 0.15) is 0 Å². The van der Waals surface area contributed by atoms with E-state index in [1.807, 2.05) is 31.7 Å². The van der Waals surface area contributed by atoms with E-state index in [9.17, 15) is 0 Å². The van der Waals surface area contributed by atoms with Crippen LogP contribution in [0, 0.1) is 5.92 Å². The summed E-state index contributed by atoms with van der Waals surface area (Å²) in [5, 5.41) is 3.54. The highest BCUT2D eigenvalue weighted by atomic mass is 32.2. The fourth-order valence-corrected chi connectivity index (χ4v) is 3.22. The summed E-state index contributed by atoms with van der Waals surface area (Å²) in [5.74, 6) is 1.14. The van der Waals surface area contributed by atoms with Crippen molar-refractivity contribution in [2.45, 2.75) is 32.3 Å². The number of benzene rings is 1. The Kier molecular flexibility index (Phi) is 5.90. The molecule has 0 saturated carbocycles. The van der Waals surface area contributed by atoms with Crippen molar-refractivity contribution in [3.63, 3.8) is 0 Å². The molecule has 1 aromatic rings. The Morgan fingerprint density at radius 1 is 1.35 bits per heavy atom. The van der Waals surface area contributed by atoms with Gasteiger partial charge in [-0.2, -0.15) is 11.8 Å². The van der Waals surface area contributed by atoms with Gasteiger partial charge in [0.2, 0.25) is 0 Å². The molecular weight excluding hydrogens is 270 g/mol. The average molecular weight is 295 g/mol. The SMILES string of the molecule is CSCC(CNCc1ccccc1)C1COC(C)(C)O1. The maximum Gasteiger partial charge on any atom is 0.163 e. The lowest BCUT2D eigenvalue weighted by molar-refractivity contribution is -0.143. The molecule has 20 heavy (non-hydrogen) atoms. The van der Waals surface area contributed by atoms with Gasteiger partial charge in [0, 0.05) is 19.0 Å². The van der Waals surface area contributed by atoms with Crippen LogP contribution in [0.15, 0.2) is 30.3 Å². The van der Waals surface area contributed by atoms with Crippen LogP contribution < -0.4 is 5.32 Å². The summed E-state index contributed by atoms with van der Waals surface area (Å²) in [6.45, 7) is 6.54. The second kappa shape index (κ2) is 7.46. The van der Waals surface area contributed by atoms with E-state index < -0.39 is 5.79 Å². The van der Waals surface area contributed by atoms with E-state index in [0.717, 1.165) is 18.8 Å². The fourth-order valence-electron chi connectivity index (χ4n) is 2.46. The van der Waals surface area contributed by atoms with Crippen molar-refractivity contribution in [2.75, 3.05) is 25.2 Å². The molecule has 1 aromatic carbocycles. The van der Waals surface area contributed by atoms with Gasteiger partial charge in [-0.1, -0.05) is 30.3 Å². The molecule has 1 fully saturated rings. The number of hydrogen-bond donors (Lipinski definition) is 1. The second-order valence-electron chi connectivity index (χ2n) is 5.70. The maximum absolute atomic E-state index is 5.99. The van der Waals surface area contributed by atoms with Gasteiger partial charge in [-0.05, 0) is 31.4 Å². The first kappa shape index (κ1) is 15.8. The van der Waals surface area contributed by atoms with Crippen LogP contribution in [-0.2, 0) is 16.0 Å². The van der Waals surface area contributed by atoms with Crippen LogP contribution in [-0.4, -0.2) is 37.1 Å². The molecule has 2 unspecified atom stereocenters. The van der Waals surface area contributed by atoms with Crippen molar-refractivity contribution in [3.8, 4) is 0 Å². The fraction of sp³-hybridized carbons (Fsp3) is 0.625. The Morgan fingerprint density at radius 3 is 2.70 bits per heavy atom. The minimum Gasteiger partial charge on any atom is -0.348 e. The smallest absolute Gasteiger partial charge is 0.163 e. The zero-order valence-corrected chi connectivity index (χ0v) is 13.4. The number of hydrogen-bond acceptors (Lipinski definition) is 4. The predicted molar refractivity (Wildman–Crippen MR) is 84.9 cm³/mol. The van der Waals surface area contributed by atoms with Crippen molar-refractivity contribution >= 4 is 11.8 Å². The van der Waals surface area contributed by atoms with Gasteiger partial charge in [0.25, 0.3) is 0 Å². The van der Waals surface area contributed by atoms with Crippen molar-refractivity contribution < 1.29 is 9.47 Å². The average Bonchev–Trinajstić information content (AvgIpc) is 2.79. The molecule has 0 spiro atoms. The lowest BCUT2D eigenvalue weighted by atomic mass is 10.1. The molecular formula is C16H25NO2S. The lowest BCUT2D eigenvalue weighted by Crippen LogP contribution is -2.35. The molecule has 1 saturated heterocycles. The van der Waals surface area contributed by atoms with E-state index in [-0.39, 0.29) is 6.10 Å². The second-order valence-corrected chi connectivity index (χ2v) is 6.61. The van der Waals surface area contributed by atoms with Crippen LogP contribution >= 0.6 is 11.8 Å². The third kappa shape index (κ3) is 4.77. The minimum atomic E-state index is -0.430. The van der Waals surface area contributed by atoms with Crippen molar-refractivity contribution in [3.05, 3.63) is 35.9 Å². The normalized spacial score (nSPS) is 22.9. The summed E-state index contributed by atoms with van der Waals surface area (Å²) < 4.78 is 11.7. The highest BCUT2D eigenvalue weighted by Gasteiger charge is 2.36. The molecule has 0 radical (unpaired) electrons. The number of thioether (sulfide) groups is 1. The Hall–Kier alpha value is -0.550. The third-order valence-corrected chi connectivity index (χ3v) is 4.28. The topological polar surface area (TPSA) is 30.5 Å². The molecule has 1 aliphatic rings. The minimum absolute atomic E-state index is 0.195. The molecule has 0 aliphatic carbocycles. The van der Waals surface area contributed by atoms with Gasteiger partial charge in [0.15, 0.2) is 5.79 Å². The van der Waals surface area contributed by atoms with Crippen LogP contribution in [0.5, 0.6) is 0 Å². The molecule has 1 heterocycles. The van der Waals surface area contributed by atoms with Crippen molar-refractivity contribution in [2.24, 2.45) is 5.92 Å². The largest absolute Gasteiger partial charge is 0.348 e. The predicted octanol–water partition coefficient (Wildman–Crippen LogP) is 2.91. The first-order valence-electron chi connectivity index (χ1n) is 7.16. The Bertz CT molecular complexity index is 397. The first-order valence-corrected chi connectivity index (χ1v) is 8.55. The molecule has 0 amide bonds. The summed E-state index contributed by atoms with van der Waals surface area (Å²) in [6.07, 6.45) is 2.34. The lowest BCUT2D eigenvalue weighted by Gasteiger charge is -2.24. The van der Waals surface area contributed by atoms with Crippen LogP contribution in [0.25, 0.3) is 0 Å². The first-order chi connectivity index (χ1) is 9.61. The molecule has 1 aliphatic heterocycles. The van der Waals surface area contributed by atoms with Crippen LogP contribution in [0.4, 0.5) is 0 Å². The van der Waals surface area contributed by atoms with Gasteiger partial charge in [0.05, 0.1) is 12.7 Å².